The summed E-state index contributed by atoms with van der Waals surface area (Å²) in [6.45, 7) is 4.78. The predicted molar refractivity (Wildman–Crippen MR) is 92.0 cm³/mol. The molecule has 1 heterocycles. The number of amides is 1. The molecule has 0 spiro atoms. The van der Waals surface area contributed by atoms with Crippen molar-refractivity contribution in [1.29, 1.82) is 0 Å². The highest BCUT2D eigenvalue weighted by molar-refractivity contribution is 5.92. The van der Waals surface area contributed by atoms with Gasteiger partial charge in [-0.15, -0.1) is 6.58 Å². The average Bonchev–Trinajstić information content (AvgIpc) is 2.61. The van der Waals surface area contributed by atoms with Crippen molar-refractivity contribution >= 4 is 11.6 Å². The fraction of sp³-hybridized carbons (Fsp3) is 0.222. The SMILES string of the molecule is C=CCNC(=O)c1ccc(NCCc2ccc(OC)cc2)cn1. The smallest absolute Gasteiger partial charge is 0.270 e. The first kappa shape index (κ1) is 16.5. The molecular weight excluding hydrogens is 290 g/mol. The zero-order chi connectivity index (χ0) is 16.5. The Bertz CT molecular complexity index is 636. The van der Waals surface area contributed by atoms with Gasteiger partial charge >= 0.3 is 0 Å². The number of nitrogens with zero attached hydrogens (tertiary/aromatic N) is 1. The lowest BCUT2D eigenvalue weighted by atomic mass is 10.1. The third kappa shape index (κ3) is 5.14. The highest BCUT2D eigenvalue weighted by Crippen LogP contribution is 2.12. The van der Waals surface area contributed by atoms with Crippen molar-refractivity contribution in [2.45, 2.75) is 6.42 Å². The molecule has 0 aliphatic carbocycles. The molecule has 1 aromatic carbocycles. The van der Waals surface area contributed by atoms with Crippen molar-refractivity contribution in [2.24, 2.45) is 0 Å². The molecule has 0 atom stereocenters. The van der Waals surface area contributed by atoms with Gasteiger partial charge in [0.2, 0.25) is 0 Å². The summed E-state index contributed by atoms with van der Waals surface area (Å²) in [7, 11) is 1.66. The van der Waals surface area contributed by atoms with Gasteiger partial charge in [-0.1, -0.05) is 18.2 Å². The van der Waals surface area contributed by atoms with E-state index >= 15 is 0 Å². The van der Waals surface area contributed by atoms with Crippen LogP contribution in [0.1, 0.15) is 16.1 Å². The summed E-state index contributed by atoms with van der Waals surface area (Å²) in [4.78, 5) is 15.9. The van der Waals surface area contributed by atoms with E-state index in [2.05, 4.69) is 22.2 Å². The van der Waals surface area contributed by atoms with Gasteiger partial charge in [0.25, 0.3) is 5.91 Å². The highest BCUT2D eigenvalue weighted by Gasteiger charge is 2.05. The topological polar surface area (TPSA) is 63.2 Å². The van der Waals surface area contributed by atoms with Crippen LogP contribution in [0.4, 0.5) is 5.69 Å². The summed E-state index contributed by atoms with van der Waals surface area (Å²) in [5, 5.41) is 5.98. The molecule has 1 aromatic heterocycles. The Labute approximate surface area is 136 Å². The second-order valence-corrected chi connectivity index (χ2v) is 4.96. The number of anilines is 1. The van der Waals surface area contributed by atoms with Crippen LogP contribution in [0.3, 0.4) is 0 Å². The Kier molecular flexibility index (Phi) is 6.17. The zero-order valence-electron chi connectivity index (χ0n) is 13.2. The Morgan fingerprint density at radius 2 is 2.04 bits per heavy atom. The molecular formula is C18H21N3O2. The van der Waals surface area contributed by atoms with E-state index in [1.165, 1.54) is 5.56 Å². The maximum atomic E-state index is 11.7. The molecule has 5 nitrogen and oxygen atoms in total. The number of carbonyl (C=O) groups is 1. The number of hydrogen-bond donors (Lipinski definition) is 2. The van der Waals surface area contributed by atoms with Crippen molar-refractivity contribution in [3.8, 4) is 5.75 Å². The average molecular weight is 311 g/mol. The molecule has 0 saturated carbocycles. The van der Waals surface area contributed by atoms with E-state index in [0.29, 0.717) is 12.2 Å². The van der Waals surface area contributed by atoms with E-state index < -0.39 is 0 Å². The lowest BCUT2D eigenvalue weighted by Crippen LogP contribution is -2.24. The van der Waals surface area contributed by atoms with Crippen LogP contribution in [-0.4, -0.2) is 31.1 Å². The van der Waals surface area contributed by atoms with Crippen LogP contribution in [0.25, 0.3) is 0 Å². The molecule has 1 amide bonds. The van der Waals surface area contributed by atoms with E-state index in [1.54, 1.807) is 25.4 Å². The molecule has 0 saturated heterocycles. The Balaban J connectivity index is 1.81. The number of hydrogen-bond acceptors (Lipinski definition) is 4. The van der Waals surface area contributed by atoms with E-state index in [-0.39, 0.29) is 5.91 Å². The minimum absolute atomic E-state index is 0.199. The molecule has 5 heteroatoms. The maximum absolute atomic E-state index is 11.7. The molecule has 0 aliphatic rings. The van der Waals surface area contributed by atoms with Crippen LogP contribution in [0.15, 0.2) is 55.3 Å². The summed E-state index contributed by atoms with van der Waals surface area (Å²) in [6.07, 6.45) is 4.19. The molecule has 0 bridgehead atoms. The predicted octanol–water partition coefficient (Wildman–Crippen LogP) is 2.66. The number of rotatable bonds is 8. The summed E-state index contributed by atoms with van der Waals surface area (Å²) < 4.78 is 5.14. The van der Waals surface area contributed by atoms with E-state index in [9.17, 15) is 4.79 Å². The van der Waals surface area contributed by atoms with Crippen LogP contribution >= 0.6 is 0 Å². The largest absolute Gasteiger partial charge is 0.497 e. The third-order valence-electron chi connectivity index (χ3n) is 3.30. The van der Waals surface area contributed by atoms with Gasteiger partial charge in [-0.3, -0.25) is 4.79 Å². The maximum Gasteiger partial charge on any atom is 0.270 e. The van der Waals surface area contributed by atoms with Crippen LogP contribution < -0.4 is 15.4 Å². The minimum atomic E-state index is -0.199. The molecule has 0 unspecified atom stereocenters. The van der Waals surface area contributed by atoms with E-state index in [1.807, 2.05) is 30.3 Å². The van der Waals surface area contributed by atoms with Gasteiger partial charge in [-0.2, -0.15) is 0 Å². The number of methoxy groups -OCH3 is 1. The molecule has 120 valence electrons. The van der Waals surface area contributed by atoms with Crippen molar-refractivity contribution in [3.05, 3.63) is 66.5 Å². The van der Waals surface area contributed by atoms with Gasteiger partial charge < -0.3 is 15.4 Å². The van der Waals surface area contributed by atoms with Gasteiger partial charge in [-0.25, -0.2) is 4.98 Å². The Hall–Kier alpha value is -2.82. The van der Waals surface area contributed by atoms with Crippen LogP contribution in [0.5, 0.6) is 5.75 Å². The Morgan fingerprint density at radius 3 is 2.65 bits per heavy atom. The number of ether oxygens (including phenoxy) is 1. The van der Waals surface area contributed by atoms with Crippen LogP contribution in [0, 0.1) is 0 Å². The van der Waals surface area contributed by atoms with Gasteiger partial charge in [0.15, 0.2) is 0 Å². The summed E-state index contributed by atoms with van der Waals surface area (Å²) in [5.74, 6) is 0.658. The first-order chi connectivity index (χ1) is 11.2. The summed E-state index contributed by atoms with van der Waals surface area (Å²) in [5.41, 5.74) is 2.51. The first-order valence-electron chi connectivity index (χ1n) is 7.45. The van der Waals surface area contributed by atoms with Gasteiger partial charge in [0, 0.05) is 13.1 Å². The van der Waals surface area contributed by atoms with Crippen LogP contribution in [-0.2, 0) is 6.42 Å². The first-order valence-corrected chi connectivity index (χ1v) is 7.45. The quantitative estimate of drug-likeness (QED) is 0.736. The molecule has 0 fully saturated rings. The van der Waals surface area contributed by atoms with Gasteiger partial charge in [0.05, 0.1) is 19.0 Å². The van der Waals surface area contributed by atoms with Crippen molar-refractivity contribution in [3.63, 3.8) is 0 Å². The second-order valence-electron chi connectivity index (χ2n) is 4.96. The van der Waals surface area contributed by atoms with Crippen molar-refractivity contribution < 1.29 is 9.53 Å². The molecule has 2 N–H and O–H groups in total. The number of carbonyl (C=O) groups excluding carboxylic acids is 1. The van der Waals surface area contributed by atoms with Crippen molar-refractivity contribution in [1.82, 2.24) is 10.3 Å². The van der Waals surface area contributed by atoms with E-state index in [4.69, 9.17) is 4.74 Å². The minimum Gasteiger partial charge on any atom is -0.497 e. The number of aromatic nitrogens is 1. The van der Waals surface area contributed by atoms with Crippen LogP contribution in [0.2, 0.25) is 0 Å². The Morgan fingerprint density at radius 1 is 1.26 bits per heavy atom. The number of benzene rings is 1. The monoisotopic (exact) mass is 311 g/mol. The molecule has 0 radical (unpaired) electrons. The van der Waals surface area contributed by atoms with Gasteiger partial charge in [-0.05, 0) is 36.2 Å². The van der Waals surface area contributed by atoms with Crippen molar-refractivity contribution in [2.75, 3.05) is 25.5 Å². The highest BCUT2D eigenvalue weighted by atomic mass is 16.5. The zero-order valence-corrected chi connectivity index (χ0v) is 13.2. The summed E-state index contributed by atoms with van der Waals surface area (Å²) in [6, 6.07) is 11.6. The molecule has 2 rings (SSSR count). The number of pyridine rings is 1. The molecule has 2 aromatic rings. The lowest BCUT2D eigenvalue weighted by molar-refractivity contribution is 0.0953. The fourth-order valence-electron chi connectivity index (χ4n) is 2.03. The molecule has 0 aliphatic heterocycles. The van der Waals surface area contributed by atoms with Gasteiger partial charge in [0.1, 0.15) is 11.4 Å². The summed E-state index contributed by atoms with van der Waals surface area (Å²) >= 11 is 0. The third-order valence-corrected chi connectivity index (χ3v) is 3.30. The standard InChI is InChI=1S/C18H21N3O2/c1-3-11-20-18(22)17-9-6-15(13-21-17)19-12-10-14-4-7-16(23-2)8-5-14/h3-9,13,19H,1,10-12H2,2H3,(H,20,22). The normalized spacial score (nSPS) is 9.96. The fourth-order valence-corrected chi connectivity index (χ4v) is 2.03. The molecule has 23 heavy (non-hydrogen) atoms. The second kappa shape index (κ2) is 8.58. The lowest BCUT2D eigenvalue weighted by Gasteiger charge is -2.08. The van der Waals surface area contributed by atoms with E-state index in [0.717, 1.165) is 24.4 Å². The number of nitrogens with one attached hydrogen (secondary N) is 2.